The SMILES string of the molecule is CC(C)CC(=O)C1(CN)CCCCC1. The molecule has 2 N–H and O–H groups in total. The van der Waals surface area contributed by atoms with Crippen LogP contribution in [0, 0.1) is 11.3 Å². The predicted octanol–water partition coefficient (Wildman–Crippen LogP) is 2.51. The van der Waals surface area contributed by atoms with Crippen molar-refractivity contribution < 1.29 is 4.79 Å². The number of Topliss-reactive ketones (excluding diaryl/α,β-unsaturated/α-hetero) is 1. The number of hydrogen-bond acceptors (Lipinski definition) is 2. The van der Waals surface area contributed by atoms with E-state index in [1.807, 2.05) is 0 Å². The Balaban J connectivity index is 2.62. The molecular weight excluding hydrogens is 174 g/mol. The largest absolute Gasteiger partial charge is 0.329 e. The van der Waals surface area contributed by atoms with Gasteiger partial charge in [-0.2, -0.15) is 0 Å². The van der Waals surface area contributed by atoms with Crippen LogP contribution in [-0.4, -0.2) is 12.3 Å². The van der Waals surface area contributed by atoms with Crippen LogP contribution in [0.5, 0.6) is 0 Å². The monoisotopic (exact) mass is 197 g/mol. The molecule has 0 bridgehead atoms. The zero-order chi connectivity index (χ0) is 10.6. The maximum atomic E-state index is 12.1. The van der Waals surface area contributed by atoms with Crippen LogP contribution < -0.4 is 5.73 Å². The van der Waals surface area contributed by atoms with Crippen LogP contribution in [0.3, 0.4) is 0 Å². The highest BCUT2D eigenvalue weighted by Crippen LogP contribution is 2.37. The smallest absolute Gasteiger partial charge is 0.140 e. The van der Waals surface area contributed by atoms with Crippen molar-refractivity contribution in [2.45, 2.75) is 52.4 Å². The molecule has 0 atom stereocenters. The molecule has 0 radical (unpaired) electrons. The molecule has 0 heterocycles. The Labute approximate surface area is 87.2 Å². The summed E-state index contributed by atoms with van der Waals surface area (Å²) in [5.41, 5.74) is 5.64. The lowest BCUT2D eigenvalue weighted by Gasteiger charge is -2.35. The number of ketones is 1. The standard InChI is InChI=1S/C12H23NO/c1-10(2)8-11(14)12(9-13)6-4-3-5-7-12/h10H,3-9,13H2,1-2H3. The summed E-state index contributed by atoms with van der Waals surface area (Å²) in [7, 11) is 0. The molecule has 1 saturated carbocycles. The lowest BCUT2D eigenvalue weighted by Crippen LogP contribution is -2.40. The molecule has 0 aromatic rings. The fourth-order valence-electron chi connectivity index (χ4n) is 2.41. The molecule has 2 heteroatoms. The van der Waals surface area contributed by atoms with Crippen LogP contribution in [0.25, 0.3) is 0 Å². The minimum absolute atomic E-state index is 0.150. The van der Waals surface area contributed by atoms with Crippen LogP contribution in [0.2, 0.25) is 0 Å². The van der Waals surface area contributed by atoms with Gasteiger partial charge in [-0.25, -0.2) is 0 Å². The van der Waals surface area contributed by atoms with E-state index in [9.17, 15) is 4.79 Å². The van der Waals surface area contributed by atoms with Crippen molar-refractivity contribution in [3.63, 3.8) is 0 Å². The summed E-state index contributed by atoms with van der Waals surface area (Å²) in [6, 6.07) is 0. The molecule has 1 rings (SSSR count). The van der Waals surface area contributed by atoms with Gasteiger partial charge in [-0.1, -0.05) is 33.1 Å². The number of carbonyl (C=O) groups excluding carboxylic acids is 1. The van der Waals surface area contributed by atoms with Crippen molar-refractivity contribution in [2.75, 3.05) is 6.54 Å². The van der Waals surface area contributed by atoms with Crippen molar-refractivity contribution in [2.24, 2.45) is 17.1 Å². The van der Waals surface area contributed by atoms with Gasteiger partial charge in [0.2, 0.25) is 0 Å². The van der Waals surface area contributed by atoms with E-state index in [2.05, 4.69) is 13.8 Å². The second-order valence-corrected chi connectivity index (χ2v) is 5.07. The van der Waals surface area contributed by atoms with Crippen LogP contribution in [0.4, 0.5) is 0 Å². The fourth-order valence-corrected chi connectivity index (χ4v) is 2.41. The Morgan fingerprint density at radius 1 is 1.29 bits per heavy atom. The first kappa shape index (κ1) is 11.7. The molecule has 1 aliphatic carbocycles. The minimum atomic E-state index is -0.150. The second kappa shape index (κ2) is 4.92. The molecule has 1 fully saturated rings. The Morgan fingerprint density at radius 3 is 2.29 bits per heavy atom. The van der Waals surface area contributed by atoms with Gasteiger partial charge in [-0.05, 0) is 18.8 Å². The third-order valence-electron chi connectivity index (χ3n) is 3.39. The Morgan fingerprint density at radius 2 is 1.86 bits per heavy atom. The third-order valence-corrected chi connectivity index (χ3v) is 3.39. The normalized spacial score (nSPS) is 21.1. The lowest BCUT2D eigenvalue weighted by molar-refractivity contribution is -0.130. The van der Waals surface area contributed by atoms with Crippen molar-refractivity contribution >= 4 is 5.78 Å². The number of rotatable bonds is 4. The van der Waals surface area contributed by atoms with Crippen molar-refractivity contribution in [3.8, 4) is 0 Å². The quantitative estimate of drug-likeness (QED) is 0.752. The zero-order valence-electron chi connectivity index (χ0n) is 9.51. The highest BCUT2D eigenvalue weighted by molar-refractivity contribution is 5.85. The number of hydrogen-bond donors (Lipinski definition) is 1. The van der Waals surface area contributed by atoms with E-state index in [1.165, 1.54) is 19.3 Å². The molecule has 14 heavy (non-hydrogen) atoms. The molecule has 0 spiro atoms. The average Bonchev–Trinajstić information content (AvgIpc) is 2.18. The molecule has 0 amide bonds. The summed E-state index contributed by atoms with van der Waals surface area (Å²) in [6.07, 6.45) is 6.39. The molecule has 0 aromatic heterocycles. The predicted molar refractivity (Wildman–Crippen MR) is 59.0 cm³/mol. The third kappa shape index (κ3) is 2.57. The van der Waals surface area contributed by atoms with Gasteiger partial charge in [-0.3, -0.25) is 4.79 Å². The van der Waals surface area contributed by atoms with Crippen LogP contribution >= 0.6 is 0 Å². The van der Waals surface area contributed by atoms with Gasteiger partial charge in [0, 0.05) is 18.4 Å². The highest BCUT2D eigenvalue weighted by Gasteiger charge is 2.37. The molecule has 0 aliphatic heterocycles. The molecule has 2 nitrogen and oxygen atoms in total. The van der Waals surface area contributed by atoms with Crippen LogP contribution in [0.15, 0.2) is 0 Å². The van der Waals surface area contributed by atoms with Gasteiger partial charge in [0.25, 0.3) is 0 Å². The van der Waals surface area contributed by atoms with E-state index in [0.29, 0.717) is 24.7 Å². The lowest BCUT2D eigenvalue weighted by atomic mass is 9.69. The Hall–Kier alpha value is -0.370. The van der Waals surface area contributed by atoms with Gasteiger partial charge in [-0.15, -0.1) is 0 Å². The molecule has 82 valence electrons. The van der Waals surface area contributed by atoms with E-state index < -0.39 is 0 Å². The van der Waals surface area contributed by atoms with Gasteiger partial charge in [0.1, 0.15) is 5.78 Å². The molecule has 1 aliphatic rings. The minimum Gasteiger partial charge on any atom is -0.329 e. The summed E-state index contributed by atoms with van der Waals surface area (Å²) >= 11 is 0. The van der Waals surface area contributed by atoms with E-state index >= 15 is 0 Å². The summed E-state index contributed by atoms with van der Waals surface area (Å²) < 4.78 is 0. The van der Waals surface area contributed by atoms with E-state index in [0.717, 1.165) is 12.8 Å². The molecule has 0 saturated heterocycles. The Bertz CT molecular complexity index is 192. The summed E-state index contributed by atoms with van der Waals surface area (Å²) in [5, 5.41) is 0. The molecular formula is C12H23NO. The first-order valence-corrected chi connectivity index (χ1v) is 5.84. The van der Waals surface area contributed by atoms with Crippen LogP contribution in [-0.2, 0) is 4.79 Å². The van der Waals surface area contributed by atoms with Crippen molar-refractivity contribution in [1.82, 2.24) is 0 Å². The Kier molecular flexibility index (Phi) is 4.11. The average molecular weight is 197 g/mol. The van der Waals surface area contributed by atoms with Gasteiger partial charge >= 0.3 is 0 Å². The van der Waals surface area contributed by atoms with Gasteiger partial charge < -0.3 is 5.73 Å². The van der Waals surface area contributed by atoms with E-state index in [-0.39, 0.29) is 5.41 Å². The van der Waals surface area contributed by atoms with Crippen LogP contribution in [0.1, 0.15) is 52.4 Å². The molecule has 0 unspecified atom stereocenters. The van der Waals surface area contributed by atoms with Gasteiger partial charge in [0.15, 0.2) is 0 Å². The van der Waals surface area contributed by atoms with Gasteiger partial charge in [0.05, 0.1) is 0 Å². The van der Waals surface area contributed by atoms with Crippen molar-refractivity contribution in [3.05, 3.63) is 0 Å². The second-order valence-electron chi connectivity index (χ2n) is 5.07. The van der Waals surface area contributed by atoms with Crippen molar-refractivity contribution in [1.29, 1.82) is 0 Å². The summed E-state index contributed by atoms with van der Waals surface area (Å²) in [4.78, 5) is 12.1. The first-order chi connectivity index (χ1) is 6.60. The topological polar surface area (TPSA) is 43.1 Å². The highest BCUT2D eigenvalue weighted by atomic mass is 16.1. The summed E-state index contributed by atoms with van der Waals surface area (Å²) in [5.74, 6) is 0.877. The van der Waals surface area contributed by atoms with E-state index in [4.69, 9.17) is 5.73 Å². The summed E-state index contributed by atoms with van der Waals surface area (Å²) in [6.45, 7) is 4.76. The first-order valence-electron chi connectivity index (χ1n) is 5.84. The number of nitrogens with two attached hydrogens (primary N) is 1. The maximum absolute atomic E-state index is 12.1. The molecule has 0 aromatic carbocycles. The maximum Gasteiger partial charge on any atom is 0.140 e. The zero-order valence-corrected chi connectivity index (χ0v) is 9.51. The fraction of sp³-hybridized carbons (Fsp3) is 0.917. The number of carbonyl (C=O) groups is 1. The van der Waals surface area contributed by atoms with E-state index in [1.54, 1.807) is 0 Å².